The van der Waals surface area contributed by atoms with Gasteiger partial charge in [-0.15, -0.1) is 0 Å². The number of aromatic amines is 1. The van der Waals surface area contributed by atoms with E-state index in [0.717, 1.165) is 36.1 Å². The molecular formula is C30H32N8O2. The molecule has 3 amide bonds. The van der Waals surface area contributed by atoms with Gasteiger partial charge in [0.05, 0.1) is 17.6 Å². The lowest BCUT2D eigenvalue weighted by Gasteiger charge is -2.39. The second kappa shape index (κ2) is 11.9. The first-order valence-electron chi connectivity index (χ1n) is 13.6. The van der Waals surface area contributed by atoms with Gasteiger partial charge in [0.1, 0.15) is 11.6 Å². The molecule has 1 aromatic carbocycles. The van der Waals surface area contributed by atoms with Crippen LogP contribution in [0.4, 0.5) is 4.79 Å². The van der Waals surface area contributed by atoms with Gasteiger partial charge in [-0.05, 0) is 36.1 Å². The summed E-state index contributed by atoms with van der Waals surface area (Å²) in [5, 5.41) is 18.5. The molecule has 4 N–H and O–H groups in total. The molecule has 40 heavy (non-hydrogen) atoms. The van der Waals surface area contributed by atoms with Crippen LogP contribution < -0.4 is 16.0 Å². The lowest BCUT2D eigenvalue weighted by molar-refractivity contribution is -0.125. The number of imidazole rings is 1. The molecular weight excluding hydrogens is 504 g/mol. The van der Waals surface area contributed by atoms with Crippen LogP contribution in [0.25, 0.3) is 5.57 Å². The topological polar surface area (TPSA) is 148 Å². The van der Waals surface area contributed by atoms with Gasteiger partial charge in [-0.1, -0.05) is 61.7 Å². The summed E-state index contributed by atoms with van der Waals surface area (Å²) in [6.45, 7) is 0.386. The first-order valence-corrected chi connectivity index (χ1v) is 13.6. The Morgan fingerprint density at radius 3 is 2.60 bits per heavy atom. The lowest BCUT2D eigenvalue weighted by atomic mass is 9.79. The molecule has 1 unspecified atom stereocenters. The fraction of sp³-hybridized carbons (Fsp3) is 0.333. The quantitative estimate of drug-likeness (QED) is 0.345. The fourth-order valence-electron chi connectivity index (χ4n) is 5.42. The minimum Gasteiger partial charge on any atom is -0.353 e. The van der Waals surface area contributed by atoms with Crippen molar-refractivity contribution in [3.05, 3.63) is 96.1 Å². The normalized spacial score (nSPS) is 19.6. The van der Waals surface area contributed by atoms with Crippen LogP contribution in [0.5, 0.6) is 0 Å². The maximum Gasteiger partial charge on any atom is 0.316 e. The van der Waals surface area contributed by atoms with Crippen LogP contribution in [-0.4, -0.2) is 44.0 Å². The third kappa shape index (κ3) is 5.94. The average molecular weight is 537 g/mol. The number of urea groups is 1. The van der Waals surface area contributed by atoms with Crippen molar-refractivity contribution < 1.29 is 9.59 Å². The van der Waals surface area contributed by atoms with E-state index in [4.69, 9.17) is 0 Å². The molecule has 1 fully saturated rings. The van der Waals surface area contributed by atoms with E-state index in [9.17, 15) is 14.9 Å². The van der Waals surface area contributed by atoms with Crippen molar-refractivity contribution in [2.75, 3.05) is 6.54 Å². The summed E-state index contributed by atoms with van der Waals surface area (Å²) < 4.78 is 0. The average Bonchev–Trinajstić information content (AvgIpc) is 3.52. The van der Waals surface area contributed by atoms with E-state index >= 15 is 0 Å². The van der Waals surface area contributed by atoms with E-state index in [1.54, 1.807) is 30.9 Å². The van der Waals surface area contributed by atoms with Gasteiger partial charge in [-0.25, -0.2) is 19.7 Å². The number of amides is 3. The second-order valence-corrected chi connectivity index (χ2v) is 10.2. The number of rotatable bonds is 8. The zero-order valence-corrected chi connectivity index (χ0v) is 22.2. The first-order chi connectivity index (χ1) is 19.5. The van der Waals surface area contributed by atoms with E-state index < -0.39 is 17.1 Å². The summed E-state index contributed by atoms with van der Waals surface area (Å²) in [5.41, 5.74) is 1.50. The number of nitrogens with one attached hydrogen (secondary N) is 4. The van der Waals surface area contributed by atoms with E-state index in [-0.39, 0.29) is 18.2 Å². The zero-order valence-electron chi connectivity index (χ0n) is 22.2. The van der Waals surface area contributed by atoms with Crippen LogP contribution in [-0.2, 0) is 16.8 Å². The van der Waals surface area contributed by atoms with Crippen molar-refractivity contribution in [3.63, 3.8) is 0 Å². The predicted octanol–water partition coefficient (Wildman–Crippen LogP) is 3.67. The number of carbonyl (C=O) groups excluding carboxylic acids is 2. The Hall–Kier alpha value is -4.78. The fourth-order valence-corrected chi connectivity index (χ4v) is 5.42. The van der Waals surface area contributed by atoms with Crippen LogP contribution in [0.1, 0.15) is 61.3 Å². The van der Waals surface area contributed by atoms with Gasteiger partial charge in [-0.2, -0.15) is 5.26 Å². The molecule has 1 saturated carbocycles. The number of nitriles is 1. The number of carbonyl (C=O) groups is 2. The molecule has 1 atom stereocenters. The van der Waals surface area contributed by atoms with E-state index in [2.05, 4.69) is 35.9 Å². The summed E-state index contributed by atoms with van der Waals surface area (Å²) in [4.78, 5) is 42.8. The molecule has 3 aromatic rings. The SMILES string of the molecule is N#Cc1nccc(C2(NC(=O)NC3(C(=O)NCCc4cnc[nH]4)C=CC(c4ccccc4)=CC3)CCCCC2)n1. The largest absolute Gasteiger partial charge is 0.353 e. The maximum atomic E-state index is 13.7. The molecule has 2 aliphatic carbocycles. The molecule has 2 heterocycles. The smallest absolute Gasteiger partial charge is 0.316 e. The van der Waals surface area contributed by atoms with Gasteiger partial charge >= 0.3 is 6.03 Å². The van der Waals surface area contributed by atoms with Gasteiger partial charge < -0.3 is 20.9 Å². The van der Waals surface area contributed by atoms with Crippen LogP contribution >= 0.6 is 0 Å². The summed E-state index contributed by atoms with van der Waals surface area (Å²) in [5.74, 6) is -0.236. The molecule has 0 saturated heterocycles. The highest BCUT2D eigenvalue weighted by Crippen LogP contribution is 2.36. The maximum absolute atomic E-state index is 13.7. The molecule has 0 radical (unpaired) electrons. The molecule has 0 aliphatic heterocycles. The summed E-state index contributed by atoms with van der Waals surface area (Å²) in [6.07, 6.45) is 15.6. The van der Waals surface area contributed by atoms with E-state index in [1.807, 2.05) is 48.6 Å². The summed E-state index contributed by atoms with van der Waals surface area (Å²) >= 11 is 0. The Kier molecular flexibility index (Phi) is 8.01. The number of aromatic nitrogens is 4. The van der Waals surface area contributed by atoms with E-state index in [0.29, 0.717) is 31.5 Å². The number of benzene rings is 1. The summed E-state index contributed by atoms with van der Waals surface area (Å²) in [6, 6.07) is 13.2. The molecule has 2 aliphatic rings. The lowest BCUT2D eigenvalue weighted by Crippen LogP contribution is -2.62. The van der Waals surface area contributed by atoms with Crippen LogP contribution in [0.2, 0.25) is 0 Å². The van der Waals surface area contributed by atoms with Crippen molar-refractivity contribution in [2.45, 2.75) is 56.0 Å². The van der Waals surface area contributed by atoms with Crippen LogP contribution in [0, 0.1) is 11.3 Å². The highest BCUT2D eigenvalue weighted by Gasteiger charge is 2.42. The zero-order chi connectivity index (χ0) is 27.8. The molecule has 0 spiro atoms. The Morgan fingerprint density at radius 1 is 1.07 bits per heavy atom. The van der Waals surface area contributed by atoms with Crippen molar-refractivity contribution >= 4 is 17.5 Å². The van der Waals surface area contributed by atoms with Crippen molar-refractivity contribution in [1.29, 1.82) is 5.26 Å². The highest BCUT2D eigenvalue weighted by molar-refractivity contribution is 5.95. The molecule has 204 valence electrons. The molecule has 10 nitrogen and oxygen atoms in total. The number of hydrogen-bond acceptors (Lipinski definition) is 6. The van der Waals surface area contributed by atoms with Gasteiger partial charge in [0.25, 0.3) is 0 Å². The Morgan fingerprint density at radius 2 is 1.90 bits per heavy atom. The molecule has 2 aromatic heterocycles. The van der Waals surface area contributed by atoms with Gasteiger partial charge in [0, 0.05) is 37.5 Å². The van der Waals surface area contributed by atoms with Crippen molar-refractivity contribution in [1.82, 2.24) is 35.9 Å². The molecule has 5 rings (SSSR count). The third-order valence-electron chi connectivity index (χ3n) is 7.58. The van der Waals surface area contributed by atoms with Crippen molar-refractivity contribution in [2.24, 2.45) is 0 Å². The van der Waals surface area contributed by atoms with Gasteiger partial charge in [0.2, 0.25) is 11.7 Å². The number of allylic oxidation sites excluding steroid dienone is 2. The minimum absolute atomic E-state index is 0.0616. The number of H-pyrrole nitrogens is 1. The Bertz CT molecular complexity index is 1440. The van der Waals surface area contributed by atoms with Crippen LogP contribution in [0.3, 0.4) is 0 Å². The second-order valence-electron chi connectivity index (χ2n) is 10.2. The highest BCUT2D eigenvalue weighted by atomic mass is 16.2. The first kappa shape index (κ1) is 26.8. The molecule has 10 heteroatoms. The Balaban J connectivity index is 1.37. The number of hydrogen-bond donors (Lipinski definition) is 4. The number of nitrogens with zero attached hydrogens (tertiary/aromatic N) is 4. The van der Waals surface area contributed by atoms with Gasteiger partial charge in [0.15, 0.2) is 0 Å². The van der Waals surface area contributed by atoms with Crippen LogP contribution in [0.15, 0.2) is 73.3 Å². The third-order valence-corrected chi connectivity index (χ3v) is 7.58. The monoisotopic (exact) mass is 536 g/mol. The van der Waals surface area contributed by atoms with Gasteiger partial charge in [-0.3, -0.25) is 4.79 Å². The van der Waals surface area contributed by atoms with E-state index in [1.165, 1.54) is 0 Å². The molecule has 0 bridgehead atoms. The predicted molar refractivity (Wildman–Crippen MR) is 149 cm³/mol. The summed E-state index contributed by atoms with van der Waals surface area (Å²) in [7, 11) is 0. The Labute approximate surface area is 233 Å². The van der Waals surface area contributed by atoms with Crippen molar-refractivity contribution in [3.8, 4) is 6.07 Å². The standard InChI is InChI=1S/C30H32N8O2/c31-19-26-33-18-12-25(36-26)29(13-5-2-6-14-29)37-28(40)38-30(27(39)34-17-11-24-20-32-21-35-24)15-9-23(10-16-30)22-7-3-1-4-8-22/h1,3-4,7-10,12,15,18,20-21H,2,5-6,11,13-14,16-17H2,(H,32,35)(H,34,39)(H2,37,38,40). The minimum atomic E-state index is -1.28.